The largest absolute Gasteiger partial charge is 0.480 e. The summed E-state index contributed by atoms with van der Waals surface area (Å²) in [6, 6.07) is 5.04. The number of carboxylic acid groups (broad SMARTS) is 1. The molecule has 1 aromatic heterocycles. The highest BCUT2D eigenvalue weighted by atomic mass is 16.4. The first-order chi connectivity index (χ1) is 9.60. The molecule has 7 nitrogen and oxygen atoms in total. The van der Waals surface area contributed by atoms with Crippen LogP contribution in [0.1, 0.15) is 16.1 Å². The van der Waals surface area contributed by atoms with Crippen LogP contribution in [-0.2, 0) is 4.79 Å². The lowest BCUT2D eigenvalue weighted by Gasteiger charge is -2.33. The number of nitrogens with zero attached hydrogens (tertiary/aromatic N) is 4. The molecule has 0 saturated carbocycles. The highest BCUT2D eigenvalue weighted by Crippen LogP contribution is 2.07. The number of piperazine rings is 1. The van der Waals surface area contributed by atoms with E-state index in [1.165, 1.54) is 12.3 Å². The van der Waals surface area contributed by atoms with Crippen molar-refractivity contribution in [3.63, 3.8) is 0 Å². The van der Waals surface area contributed by atoms with E-state index in [1.54, 1.807) is 15.9 Å². The van der Waals surface area contributed by atoms with Gasteiger partial charge in [-0.05, 0) is 12.1 Å². The Balaban J connectivity index is 1.94. The Morgan fingerprint density at radius 3 is 2.50 bits per heavy atom. The summed E-state index contributed by atoms with van der Waals surface area (Å²) in [6.07, 6.45) is 1.37. The van der Waals surface area contributed by atoms with Gasteiger partial charge < -0.3 is 10.0 Å². The second-order valence-corrected chi connectivity index (χ2v) is 4.51. The molecule has 0 bridgehead atoms. The van der Waals surface area contributed by atoms with Crippen LogP contribution in [0, 0.1) is 11.3 Å². The van der Waals surface area contributed by atoms with E-state index < -0.39 is 5.97 Å². The second kappa shape index (κ2) is 6.12. The number of hydrogen-bond acceptors (Lipinski definition) is 5. The number of carboxylic acids is 1. The molecule has 20 heavy (non-hydrogen) atoms. The zero-order chi connectivity index (χ0) is 14.5. The molecular formula is C13H14N4O3. The number of aromatic nitrogens is 1. The number of carbonyl (C=O) groups excluding carboxylic acids is 1. The van der Waals surface area contributed by atoms with E-state index in [2.05, 4.69) is 4.98 Å². The Labute approximate surface area is 116 Å². The number of nitriles is 1. The van der Waals surface area contributed by atoms with Gasteiger partial charge in [0.2, 0.25) is 0 Å². The van der Waals surface area contributed by atoms with Crippen molar-refractivity contribution in [2.45, 2.75) is 0 Å². The van der Waals surface area contributed by atoms with Gasteiger partial charge in [-0.3, -0.25) is 14.5 Å². The van der Waals surface area contributed by atoms with Crippen molar-refractivity contribution in [1.29, 1.82) is 5.26 Å². The van der Waals surface area contributed by atoms with Gasteiger partial charge in [0, 0.05) is 32.4 Å². The molecule has 0 radical (unpaired) electrons. The average Bonchev–Trinajstić information content (AvgIpc) is 2.47. The van der Waals surface area contributed by atoms with Crippen LogP contribution in [0.3, 0.4) is 0 Å². The topological polar surface area (TPSA) is 97.5 Å². The van der Waals surface area contributed by atoms with Crippen LogP contribution in [-0.4, -0.2) is 64.5 Å². The van der Waals surface area contributed by atoms with Gasteiger partial charge >= 0.3 is 5.97 Å². The highest BCUT2D eigenvalue weighted by molar-refractivity contribution is 5.92. The normalized spacial score (nSPS) is 15.7. The maximum atomic E-state index is 12.2. The molecule has 0 atom stereocenters. The molecule has 1 aliphatic rings. The van der Waals surface area contributed by atoms with E-state index in [0.717, 1.165) is 0 Å². The first-order valence-electron chi connectivity index (χ1n) is 6.19. The van der Waals surface area contributed by atoms with E-state index >= 15 is 0 Å². The van der Waals surface area contributed by atoms with Crippen molar-refractivity contribution < 1.29 is 14.7 Å². The molecule has 1 aliphatic heterocycles. The first kappa shape index (κ1) is 14.0. The Bertz CT molecular complexity index is 542. The predicted octanol–water partition coefficient (Wildman–Crippen LogP) is -0.204. The summed E-state index contributed by atoms with van der Waals surface area (Å²) in [5.74, 6) is -1.05. The monoisotopic (exact) mass is 274 g/mol. The third kappa shape index (κ3) is 3.30. The van der Waals surface area contributed by atoms with Crippen LogP contribution in [0.4, 0.5) is 0 Å². The lowest BCUT2D eigenvalue weighted by molar-refractivity contribution is -0.138. The Kier molecular flexibility index (Phi) is 4.27. The molecule has 0 aliphatic carbocycles. The minimum absolute atomic E-state index is 0.00283. The van der Waals surface area contributed by atoms with Crippen LogP contribution in [0.2, 0.25) is 0 Å². The molecule has 1 aromatic rings. The van der Waals surface area contributed by atoms with E-state index in [4.69, 9.17) is 10.4 Å². The maximum Gasteiger partial charge on any atom is 0.317 e. The van der Waals surface area contributed by atoms with E-state index in [1.807, 2.05) is 6.07 Å². The van der Waals surface area contributed by atoms with Crippen LogP contribution in [0.15, 0.2) is 18.3 Å². The highest BCUT2D eigenvalue weighted by Gasteiger charge is 2.23. The standard InChI is InChI=1S/C13H14N4O3/c14-7-10-1-2-11(15-8-10)13(20)17-5-3-16(4-6-17)9-12(18)19/h1-2,8H,3-6,9H2,(H,18,19). The maximum absolute atomic E-state index is 12.2. The number of carbonyl (C=O) groups is 2. The van der Waals surface area contributed by atoms with Crippen LogP contribution >= 0.6 is 0 Å². The summed E-state index contributed by atoms with van der Waals surface area (Å²) in [5.41, 5.74) is 0.712. The van der Waals surface area contributed by atoms with Gasteiger partial charge in [0.25, 0.3) is 5.91 Å². The molecule has 1 N–H and O–H groups in total. The quantitative estimate of drug-likeness (QED) is 0.819. The fourth-order valence-corrected chi connectivity index (χ4v) is 2.05. The average molecular weight is 274 g/mol. The van der Waals surface area contributed by atoms with Crippen molar-refractivity contribution in [2.75, 3.05) is 32.7 Å². The van der Waals surface area contributed by atoms with Crippen LogP contribution in [0.5, 0.6) is 0 Å². The van der Waals surface area contributed by atoms with E-state index in [0.29, 0.717) is 37.4 Å². The van der Waals surface area contributed by atoms with Crippen molar-refractivity contribution in [2.24, 2.45) is 0 Å². The summed E-state index contributed by atoms with van der Waals surface area (Å²) in [5, 5.41) is 17.4. The smallest absolute Gasteiger partial charge is 0.317 e. The summed E-state index contributed by atoms with van der Waals surface area (Å²) < 4.78 is 0. The molecule has 1 saturated heterocycles. The molecule has 2 heterocycles. The molecule has 0 aromatic carbocycles. The third-order valence-electron chi connectivity index (χ3n) is 3.13. The molecule has 1 fully saturated rings. The van der Waals surface area contributed by atoms with Crippen molar-refractivity contribution in [1.82, 2.24) is 14.8 Å². The fourth-order valence-electron chi connectivity index (χ4n) is 2.05. The van der Waals surface area contributed by atoms with E-state index in [9.17, 15) is 9.59 Å². The van der Waals surface area contributed by atoms with Crippen molar-refractivity contribution in [3.05, 3.63) is 29.6 Å². The van der Waals surface area contributed by atoms with Gasteiger partial charge in [-0.2, -0.15) is 5.26 Å². The second-order valence-electron chi connectivity index (χ2n) is 4.51. The van der Waals surface area contributed by atoms with Crippen LogP contribution in [0.25, 0.3) is 0 Å². The molecule has 7 heteroatoms. The van der Waals surface area contributed by atoms with Gasteiger partial charge in [-0.15, -0.1) is 0 Å². The zero-order valence-electron chi connectivity index (χ0n) is 10.8. The summed E-state index contributed by atoms with van der Waals surface area (Å²) in [7, 11) is 0. The minimum atomic E-state index is -0.862. The van der Waals surface area contributed by atoms with Crippen LogP contribution < -0.4 is 0 Å². The Hall–Kier alpha value is -2.46. The molecule has 0 unspecified atom stereocenters. The number of rotatable bonds is 3. The third-order valence-corrected chi connectivity index (χ3v) is 3.13. The summed E-state index contributed by atoms with van der Waals surface area (Å²) in [4.78, 5) is 30.2. The van der Waals surface area contributed by atoms with Gasteiger partial charge in [0.1, 0.15) is 11.8 Å². The van der Waals surface area contributed by atoms with Gasteiger partial charge in [0.05, 0.1) is 12.1 Å². The molecule has 2 rings (SSSR count). The number of hydrogen-bond donors (Lipinski definition) is 1. The van der Waals surface area contributed by atoms with Gasteiger partial charge in [-0.25, -0.2) is 4.98 Å². The molecule has 104 valence electrons. The zero-order valence-corrected chi connectivity index (χ0v) is 10.8. The Morgan fingerprint density at radius 1 is 1.30 bits per heavy atom. The predicted molar refractivity (Wildman–Crippen MR) is 68.9 cm³/mol. The number of amides is 1. The minimum Gasteiger partial charge on any atom is -0.480 e. The summed E-state index contributed by atoms with van der Waals surface area (Å²) >= 11 is 0. The Morgan fingerprint density at radius 2 is 2.00 bits per heavy atom. The number of pyridine rings is 1. The fraction of sp³-hybridized carbons (Fsp3) is 0.385. The molecule has 1 amide bonds. The van der Waals surface area contributed by atoms with Crippen molar-refractivity contribution >= 4 is 11.9 Å². The summed E-state index contributed by atoms with van der Waals surface area (Å²) in [6.45, 7) is 2.03. The lowest BCUT2D eigenvalue weighted by atomic mass is 10.2. The lowest BCUT2D eigenvalue weighted by Crippen LogP contribution is -2.50. The first-order valence-corrected chi connectivity index (χ1v) is 6.19. The SMILES string of the molecule is N#Cc1ccc(C(=O)N2CCN(CC(=O)O)CC2)nc1. The van der Waals surface area contributed by atoms with E-state index in [-0.39, 0.29) is 12.5 Å². The number of aliphatic carboxylic acids is 1. The molecular weight excluding hydrogens is 260 g/mol. The molecule has 0 spiro atoms. The van der Waals surface area contributed by atoms with Crippen molar-refractivity contribution in [3.8, 4) is 6.07 Å². The van der Waals surface area contributed by atoms with Gasteiger partial charge in [-0.1, -0.05) is 0 Å². The van der Waals surface area contributed by atoms with Gasteiger partial charge in [0.15, 0.2) is 0 Å².